The normalized spacial score (nSPS) is 17.8. The third kappa shape index (κ3) is 4.13. The van der Waals surface area contributed by atoms with Crippen LogP contribution in [0, 0.1) is 11.8 Å². The monoisotopic (exact) mass is 398 g/mol. The summed E-state index contributed by atoms with van der Waals surface area (Å²) in [7, 11) is 0. The minimum absolute atomic E-state index is 0.0560. The van der Waals surface area contributed by atoms with Crippen LogP contribution in [-0.2, 0) is 10.3 Å². The van der Waals surface area contributed by atoms with Gasteiger partial charge in [-0.25, -0.2) is 0 Å². The molecule has 152 valence electrons. The molecule has 0 aliphatic heterocycles. The number of nitrogens with one attached hydrogen (secondary N) is 2. The Bertz CT molecular complexity index is 990. The quantitative estimate of drug-likeness (QED) is 0.616. The smallest absolute Gasteiger partial charge is 0.252 e. The van der Waals surface area contributed by atoms with E-state index >= 15 is 0 Å². The van der Waals surface area contributed by atoms with E-state index in [0.717, 1.165) is 17.5 Å². The SMILES string of the molecule is CC1CC1C(=O)Nc1ccc(C(=O)NC(C)(c2ccccc2)c2ccccc2)cc1. The highest BCUT2D eigenvalue weighted by Crippen LogP contribution is 2.38. The molecule has 2 amide bonds. The number of hydrogen-bond acceptors (Lipinski definition) is 2. The maximum atomic E-state index is 13.1. The first-order chi connectivity index (χ1) is 14.5. The van der Waals surface area contributed by atoms with Gasteiger partial charge in [-0.15, -0.1) is 0 Å². The molecule has 0 bridgehead atoms. The second-order valence-corrected chi connectivity index (χ2v) is 8.20. The fourth-order valence-corrected chi connectivity index (χ4v) is 3.78. The molecule has 1 aliphatic carbocycles. The average Bonchev–Trinajstić information content (AvgIpc) is 3.52. The molecule has 1 saturated carbocycles. The van der Waals surface area contributed by atoms with Crippen molar-refractivity contribution in [2.75, 3.05) is 5.32 Å². The van der Waals surface area contributed by atoms with E-state index in [1.54, 1.807) is 24.3 Å². The van der Waals surface area contributed by atoms with Crippen molar-refractivity contribution < 1.29 is 9.59 Å². The molecule has 3 aromatic rings. The summed E-state index contributed by atoms with van der Waals surface area (Å²) >= 11 is 0. The van der Waals surface area contributed by atoms with Gasteiger partial charge in [0.25, 0.3) is 5.91 Å². The standard InChI is InChI=1S/C26H26N2O2/c1-18-17-23(18)25(30)27-22-15-13-19(14-16-22)24(29)28-26(2,20-9-5-3-6-10-20)21-11-7-4-8-12-21/h3-16,18,23H,17H2,1-2H3,(H,27,30)(H,28,29). The lowest BCUT2D eigenvalue weighted by Crippen LogP contribution is -2.44. The number of benzene rings is 3. The Kier molecular flexibility index (Phi) is 5.40. The first-order valence-corrected chi connectivity index (χ1v) is 10.3. The summed E-state index contributed by atoms with van der Waals surface area (Å²) in [6.07, 6.45) is 0.948. The number of amides is 2. The van der Waals surface area contributed by atoms with Gasteiger partial charge in [-0.05, 0) is 54.7 Å². The minimum Gasteiger partial charge on any atom is -0.339 e. The van der Waals surface area contributed by atoms with Crippen LogP contribution in [0.4, 0.5) is 5.69 Å². The van der Waals surface area contributed by atoms with E-state index in [1.165, 1.54) is 0 Å². The van der Waals surface area contributed by atoms with Crippen LogP contribution in [0.1, 0.15) is 41.8 Å². The number of carbonyl (C=O) groups is 2. The van der Waals surface area contributed by atoms with Gasteiger partial charge >= 0.3 is 0 Å². The summed E-state index contributed by atoms with van der Waals surface area (Å²) in [5.74, 6) is 0.466. The van der Waals surface area contributed by atoms with Crippen LogP contribution >= 0.6 is 0 Å². The largest absolute Gasteiger partial charge is 0.339 e. The Labute approximate surface area is 177 Å². The summed E-state index contributed by atoms with van der Waals surface area (Å²) < 4.78 is 0. The van der Waals surface area contributed by atoms with Crippen LogP contribution in [0.25, 0.3) is 0 Å². The molecule has 30 heavy (non-hydrogen) atoms. The molecule has 1 fully saturated rings. The lowest BCUT2D eigenvalue weighted by molar-refractivity contribution is -0.117. The van der Waals surface area contributed by atoms with Crippen molar-refractivity contribution in [1.82, 2.24) is 5.32 Å². The minimum atomic E-state index is -0.672. The van der Waals surface area contributed by atoms with Gasteiger partial charge in [0.2, 0.25) is 5.91 Å². The molecular formula is C26H26N2O2. The fraction of sp³-hybridized carbons (Fsp3) is 0.231. The second-order valence-electron chi connectivity index (χ2n) is 8.20. The van der Waals surface area contributed by atoms with E-state index < -0.39 is 5.54 Å². The third-order valence-electron chi connectivity index (χ3n) is 5.93. The van der Waals surface area contributed by atoms with Crippen molar-refractivity contribution in [1.29, 1.82) is 0 Å². The van der Waals surface area contributed by atoms with Crippen LogP contribution in [0.15, 0.2) is 84.9 Å². The van der Waals surface area contributed by atoms with Crippen molar-refractivity contribution in [2.45, 2.75) is 25.8 Å². The topological polar surface area (TPSA) is 58.2 Å². The van der Waals surface area contributed by atoms with Crippen LogP contribution < -0.4 is 10.6 Å². The molecule has 3 aromatic carbocycles. The molecule has 0 spiro atoms. The first kappa shape index (κ1) is 19.9. The molecule has 1 aliphatic rings. The van der Waals surface area contributed by atoms with Gasteiger partial charge in [0.1, 0.15) is 0 Å². The highest BCUT2D eigenvalue weighted by Gasteiger charge is 2.39. The van der Waals surface area contributed by atoms with Gasteiger partial charge in [-0.3, -0.25) is 9.59 Å². The molecule has 2 unspecified atom stereocenters. The molecule has 0 aromatic heterocycles. The van der Waals surface area contributed by atoms with Crippen LogP contribution in [0.2, 0.25) is 0 Å². The van der Waals surface area contributed by atoms with Crippen LogP contribution in [0.3, 0.4) is 0 Å². The highest BCUT2D eigenvalue weighted by atomic mass is 16.2. The Balaban J connectivity index is 1.53. The van der Waals surface area contributed by atoms with Gasteiger partial charge in [-0.2, -0.15) is 0 Å². The molecule has 2 N–H and O–H groups in total. The van der Waals surface area contributed by atoms with Gasteiger partial charge < -0.3 is 10.6 Å². The van der Waals surface area contributed by atoms with Gasteiger partial charge in [0.15, 0.2) is 0 Å². The number of carbonyl (C=O) groups excluding carboxylic acids is 2. The molecular weight excluding hydrogens is 372 g/mol. The van der Waals surface area contributed by atoms with Crippen LogP contribution in [0.5, 0.6) is 0 Å². The average molecular weight is 399 g/mol. The zero-order chi connectivity index (χ0) is 21.1. The Hall–Kier alpha value is -3.40. The molecule has 4 rings (SSSR count). The molecule has 4 nitrogen and oxygen atoms in total. The maximum Gasteiger partial charge on any atom is 0.252 e. The zero-order valence-corrected chi connectivity index (χ0v) is 17.3. The number of rotatable bonds is 6. The maximum absolute atomic E-state index is 13.1. The Morgan fingerprint density at radius 1 is 0.833 bits per heavy atom. The Morgan fingerprint density at radius 3 is 1.80 bits per heavy atom. The molecule has 0 saturated heterocycles. The first-order valence-electron chi connectivity index (χ1n) is 10.3. The third-order valence-corrected chi connectivity index (χ3v) is 5.93. The highest BCUT2D eigenvalue weighted by molar-refractivity contribution is 5.97. The van der Waals surface area contributed by atoms with Gasteiger partial charge in [0.05, 0.1) is 5.54 Å². The van der Waals surface area contributed by atoms with Crippen molar-refractivity contribution in [3.05, 3.63) is 102 Å². The molecule has 4 heteroatoms. The summed E-state index contributed by atoms with van der Waals surface area (Å²) in [5, 5.41) is 6.14. The van der Waals surface area contributed by atoms with Crippen LogP contribution in [-0.4, -0.2) is 11.8 Å². The molecule has 2 atom stereocenters. The van der Waals surface area contributed by atoms with E-state index in [0.29, 0.717) is 17.2 Å². The van der Waals surface area contributed by atoms with Crippen molar-refractivity contribution in [3.63, 3.8) is 0 Å². The van der Waals surface area contributed by atoms with E-state index in [9.17, 15) is 9.59 Å². The van der Waals surface area contributed by atoms with Crippen molar-refractivity contribution in [2.24, 2.45) is 11.8 Å². The summed E-state index contributed by atoms with van der Waals surface area (Å²) in [4.78, 5) is 25.2. The van der Waals surface area contributed by atoms with E-state index in [4.69, 9.17) is 0 Å². The molecule has 0 radical (unpaired) electrons. The summed E-state index contributed by atoms with van der Waals surface area (Å²) in [6.45, 7) is 4.09. The van der Waals surface area contributed by atoms with Crippen molar-refractivity contribution in [3.8, 4) is 0 Å². The summed E-state index contributed by atoms with van der Waals surface area (Å²) in [5.41, 5.74) is 2.60. The van der Waals surface area contributed by atoms with E-state index in [-0.39, 0.29) is 17.7 Å². The molecule has 0 heterocycles. The number of anilines is 1. The van der Waals surface area contributed by atoms with Gasteiger partial charge in [0, 0.05) is 17.2 Å². The predicted octanol–water partition coefficient (Wildman–Crippen LogP) is 4.97. The lowest BCUT2D eigenvalue weighted by Gasteiger charge is -2.32. The van der Waals surface area contributed by atoms with E-state index in [2.05, 4.69) is 17.6 Å². The lowest BCUT2D eigenvalue weighted by atomic mass is 9.84. The number of hydrogen-bond donors (Lipinski definition) is 2. The van der Waals surface area contributed by atoms with Gasteiger partial charge in [-0.1, -0.05) is 67.6 Å². The van der Waals surface area contributed by atoms with Crippen molar-refractivity contribution >= 4 is 17.5 Å². The fourth-order valence-electron chi connectivity index (χ4n) is 3.78. The predicted molar refractivity (Wildman–Crippen MR) is 119 cm³/mol. The zero-order valence-electron chi connectivity index (χ0n) is 17.3. The Morgan fingerprint density at radius 2 is 1.33 bits per heavy atom. The van der Waals surface area contributed by atoms with E-state index in [1.807, 2.05) is 67.6 Å². The summed E-state index contributed by atoms with van der Waals surface area (Å²) in [6, 6.07) is 27.0. The second kappa shape index (κ2) is 8.15.